The minimum atomic E-state index is -4.18. The summed E-state index contributed by atoms with van der Waals surface area (Å²) in [5, 5.41) is 2.79. The first-order chi connectivity index (χ1) is 18.4. The fourth-order valence-corrected chi connectivity index (χ4v) is 5.30. The Morgan fingerprint density at radius 3 is 2.05 bits per heavy atom. The Labute approximate surface area is 229 Å². The molecule has 0 radical (unpaired) electrons. The molecule has 208 valence electrons. The van der Waals surface area contributed by atoms with Crippen molar-refractivity contribution in [3.05, 3.63) is 89.7 Å². The SMILES string of the molecule is COc1ccc(S(=O)(=O)N(CC(=O)N(Cc2ccc(F)cc2)[C@H](C)C(=O)NC(C)C)c2ccc(C)cc2)cc1. The topological polar surface area (TPSA) is 96.0 Å². The first-order valence-corrected chi connectivity index (χ1v) is 13.9. The van der Waals surface area contributed by atoms with Crippen LogP contribution in [0.15, 0.2) is 77.7 Å². The van der Waals surface area contributed by atoms with Crippen molar-refractivity contribution < 1.29 is 27.1 Å². The maximum absolute atomic E-state index is 13.8. The third kappa shape index (κ3) is 7.57. The van der Waals surface area contributed by atoms with E-state index in [-0.39, 0.29) is 23.4 Å². The van der Waals surface area contributed by atoms with Gasteiger partial charge in [0.05, 0.1) is 17.7 Å². The number of nitrogens with zero attached hydrogens (tertiary/aromatic N) is 2. The summed E-state index contributed by atoms with van der Waals surface area (Å²) in [4.78, 5) is 28.0. The highest BCUT2D eigenvalue weighted by Crippen LogP contribution is 2.26. The van der Waals surface area contributed by atoms with E-state index in [0.717, 1.165) is 9.87 Å². The zero-order chi connectivity index (χ0) is 28.7. The molecule has 3 aromatic carbocycles. The molecule has 0 fully saturated rings. The van der Waals surface area contributed by atoms with E-state index in [0.29, 0.717) is 17.0 Å². The summed E-state index contributed by atoms with van der Waals surface area (Å²) in [6.07, 6.45) is 0. The van der Waals surface area contributed by atoms with E-state index in [2.05, 4.69) is 5.32 Å². The van der Waals surface area contributed by atoms with Crippen molar-refractivity contribution >= 4 is 27.5 Å². The highest BCUT2D eigenvalue weighted by molar-refractivity contribution is 7.92. The van der Waals surface area contributed by atoms with Crippen molar-refractivity contribution in [2.24, 2.45) is 0 Å². The Kier molecular flexibility index (Phi) is 9.69. The Morgan fingerprint density at radius 1 is 0.923 bits per heavy atom. The van der Waals surface area contributed by atoms with Crippen molar-refractivity contribution in [1.29, 1.82) is 0 Å². The van der Waals surface area contributed by atoms with Gasteiger partial charge >= 0.3 is 0 Å². The van der Waals surface area contributed by atoms with Crippen molar-refractivity contribution in [1.82, 2.24) is 10.2 Å². The van der Waals surface area contributed by atoms with E-state index in [4.69, 9.17) is 4.74 Å². The number of nitrogens with one attached hydrogen (secondary N) is 1. The number of sulfonamides is 1. The fraction of sp³-hybridized carbons (Fsp3) is 0.310. The lowest BCUT2D eigenvalue weighted by atomic mass is 10.1. The van der Waals surface area contributed by atoms with Crippen LogP contribution in [0, 0.1) is 12.7 Å². The van der Waals surface area contributed by atoms with E-state index in [1.807, 2.05) is 6.92 Å². The second kappa shape index (κ2) is 12.8. The number of halogens is 1. The average molecular weight is 556 g/mol. The molecule has 0 aliphatic rings. The number of hydrogen-bond acceptors (Lipinski definition) is 5. The average Bonchev–Trinajstić information content (AvgIpc) is 2.91. The minimum absolute atomic E-state index is 0.0177. The Hall–Kier alpha value is -3.92. The zero-order valence-corrected chi connectivity index (χ0v) is 23.5. The number of amides is 2. The van der Waals surface area contributed by atoms with Crippen LogP contribution in [0.4, 0.5) is 10.1 Å². The molecule has 10 heteroatoms. The molecule has 0 aliphatic heterocycles. The second-order valence-corrected chi connectivity index (χ2v) is 11.4. The fourth-order valence-electron chi connectivity index (χ4n) is 3.89. The molecule has 0 unspecified atom stereocenters. The van der Waals surface area contributed by atoms with Gasteiger partial charge < -0.3 is 15.0 Å². The van der Waals surface area contributed by atoms with Gasteiger partial charge in [-0.25, -0.2) is 12.8 Å². The number of anilines is 1. The van der Waals surface area contributed by atoms with E-state index in [1.165, 1.54) is 60.5 Å². The molecule has 0 saturated heterocycles. The molecule has 1 N–H and O–H groups in total. The van der Waals surface area contributed by atoms with E-state index >= 15 is 0 Å². The number of hydrogen-bond donors (Lipinski definition) is 1. The standard InChI is InChI=1S/C29H34FN3O5S/c1-20(2)31-29(35)22(4)32(18-23-8-10-24(30)11-9-23)28(34)19-33(25-12-6-21(3)7-13-25)39(36,37)27-16-14-26(38-5)15-17-27/h6-17,20,22H,18-19H2,1-5H3,(H,31,35)/t22-/m1/s1. The molecule has 3 rings (SSSR count). The number of carbonyl (C=O) groups excluding carboxylic acids is 2. The van der Waals surface area contributed by atoms with Crippen LogP contribution >= 0.6 is 0 Å². The van der Waals surface area contributed by atoms with E-state index < -0.39 is 34.3 Å². The van der Waals surface area contributed by atoms with Gasteiger partial charge in [0, 0.05) is 12.6 Å². The number of rotatable bonds is 11. The zero-order valence-electron chi connectivity index (χ0n) is 22.7. The monoisotopic (exact) mass is 555 g/mol. The van der Waals surface area contributed by atoms with Crippen molar-refractivity contribution in [2.75, 3.05) is 18.0 Å². The van der Waals surface area contributed by atoms with Crippen LogP contribution in [0.2, 0.25) is 0 Å². The first-order valence-electron chi connectivity index (χ1n) is 12.5. The Bertz CT molecular complexity index is 1380. The van der Waals surface area contributed by atoms with Gasteiger partial charge in [0.2, 0.25) is 11.8 Å². The van der Waals surface area contributed by atoms with Crippen LogP contribution in [-0.2, 0) is 26.2 Å². The van der Waals surface area contributed by atoms with Gasteiger partial charge in [-0.05, 0) is 81.8 Å². The van der Waals surface area contributed by atoms with Crippen LogP contribution in [0.5, 0.6) is 5.75 Å². The third-order valence-electron chi connectivity index (χ3n) is 6.11. The number of aryl methyl sites for hydroxylation is 1. The van der Waals surface area contributed by atoms with Gasteiger partial charge in [-0.15, -0.1) is 0 Å². The maximum atomic E-state index is 13.8. The van der Waals surface area contributed by atoms with Crippen molar-refractivity contribution in [2.45, 2.75) is 51.2 Å². The van der Waals surface area contributed by atoms with Gasteiger partial charge in [0.15, 0.2) is 0 Å². The predicted molar refractivity (Wildman–Crippen MR) is 148 cm³/mol. The van der Waals surface area contributed by atoms with E-state index in [9.17, 15) is 22.4 Å². The highest BCUT2D eigenvalue weighted by Gasteiger charge is 2.32. The lowest BCUT2D eigenvalue weighted by Gasteiger charge is -2.32. The normalized spacial score (nSPS) is 12.1. The van der Waals surface area contributed by atoms with Crippen LogP contribution in [-0.4, -0.2) is 50.9 Å². The number of ether oxygens (including phenoxy) is 1. The Balaban J connectivity index is 2.02. The van der Waals surface area contributed by atoms with Gasteiger partial charge in [-0.3, -0.25) is 13.9 Å². The molecule has 0 aliphatic carbocycles. The van der Waals surface area contributed by atoms with Crippen LogP contribution in [0.25, 0.3) is 0 Å². The summed E-state index contributed by atoms with van der Waals surface area (Å²) in [7, 11) is -2.70. The number of carbonyl (C=O) groups is 2. The lowest BCUT2D eigenvalue weighted by Crippen LogP contribution is -2.52. The molecule has 2 amide bonds. The van der Waals surface area contributed by atoms with Gasteiger partial charge in [0.1, 0.15) is 24.2 Å². The summed E-state index contributed by atoms with van der Waals surface area (Å²) >= 11 is 0. The smallest absolute Gasteiger partial charge is 0.264 e. The molecule has 0 heterocycles. The number of methoxy groups -OCH3 is 1. The maximum Gasteiger partial charge on any atom is 0.264 e. The minimum Gasteiger partial charge on any atom is -0.497 e. The van der Waals surface area contributed by atoms with Crippen molar-refractivity contribution in [3.8, 4) is 5.75 Å². The molecule has 39 heavy (non-hydrogen) atoms. The molecule has 0 bridgehead atoms. The third-order valence-corrected chi connectivity index (χ3v) is 7.90. The van der Waals surface area contributed by atoms with E-state index in [1.54, 1.807) is 45.0 Å². The molecule has 8 nitrogen and oxygen atoms in total. The van der Waals surface area contributed by atoms with Crippen LogP contribution < -0.4 is 14.4 Å². The molecular weight excluding hydrogens is 521 g/mol. The Morgan fingerprint density at radius 2 is 1.51 bits per heavy atom. The van der Waals surface area contributed by atoms with Crippen LogP contribution in [0.1, 0.15) is 31.9 Å². The highest BCUT2D eigenvalue weighted by atomic mass is 32.2. The van der Waals surface area contributed by atoms with Gasteiger partial charge in [-0.2, -0.15) is 0 Å². The predicted octanol–water partition coefficient (Wildman–Crippen LogP) is 4.28. The van der Waals surface area contributed by atoms with Gasteiger partial charge in [0.25, 0.3) is 10.0 Å². The molecule has 3 aromatic rings. The quantitative estimate of drug-likeness (QED) is 0.381. The summed E-state index contributed by atoms with van der Waals surface area (Å²) in [5.74, 6) is -0.926. The summed E-state index contributed by atoms with van der Waals surface area (Å²) in [6, 6.07) is 17.1. The largest absolute Gasteiger partial charge is 0.497 e. The lowest BCUT2D eigenvalue weighted by molar-refractivity contribution is -0.139. The molecule has 0 saturated carbocycles. The summed E-state index contributed by atoms with van der Waals surface area (Å²) in [6.45, 7) is 6.48. The van der Waals surface area contributed by atoms with Crippen molar-refractivity contribution in [3.63, 3.8) is 0 Å². The number of benzene rings is 3. The molecule has 0 spiro atoms. The first kappa shape index (κ1) is 29.6. The van der Waals surface area contributed by atoms with Crippen LogP contribution in [0.3, 0.4) is 0 Å². The summed E-state index contributed by atoms with van der Waals surface area (Å²) in [5.41, 5.74) is 1.81. The summed E-state index contributed by atoms with van der Waals surface area (Å²) < 4.78 is 47.3. The molecular formula is C29H34FN3O5S. The second-order valence-electron chi connectivity index (χ2n) is 9.51. The molecule has 1 atom stereocenters. The van der Waals surface area contributed by atoms with Gasteiger partial charge in [-0.1, -0.05) is 29.8 Å². The molecule has 0 aromatic heterocycles.